The van der Waals surface area contributed by atoms with E-state index in [1.807, 2.05) is 6.92 Å². The minimum atomic E-state index is -4.05. The zero-order chi connectivity index (χ0) is 19.7. The second-order valence-corrected chi connectivity index (χ2v) is 12.8. The van der Waals surface area contributed by atoms with E-state index in [-0.39, 0.29) is 25.2 Å². The molecule has 0 fully saturated rings. The zero-order valence-electron chi connectivity index (χ0n) is 14.4. The molecule has 148 valence electrons. The highest BCUT2D eigenvalue weighted by Gasteiger charge is 2.30. The minimum absolute atomic E-state index is 0.109. The van der Waals surface area contributed by atoms with Gasteiger partial charge in [-0.1, -0.05) is 13.3 Å². The van der Waals surface area contributed by atoms with Gasteiger partial charge in [0, 0.05) is 7.05 Å². The van der Waals surface area contributed by atoms with E-state index in [4.69, 9.17) is 9.47 Å². The predicted molar refractivity (Wildman–Crippen MR) is 100 cm³/mol. The number of rotatable bonds is 11. The number of hydrogen-bond donors (Lipinski definition) is 0. The predicted octanol–water partition coefficient (Wildman–Crippen LogP) is 1.66. The van der Waals surface area contributed by atoms with Crippen molar-refractivity contribution in [1.29, 1.82) is 0 Å². The van der Waals surface area contributed by atoms with Gasteiger partial charge in [0.1, 0.15) is 0 Å². The van der Waals surface area contributed by atoms with Gasteiger partial charge >= 0.3 is 12.1 Å². The third kappa shape index (κ3) is 10.2. The molecule has 9 nitrogen and oxygen atoms in total. The number of carbonyl (C=O) groups excluding carboxylic acids is 2. The lowest BCUT2D eigenvalue weighted by Gasteiger charge is -2.21. The summed E-state index contributed by atoms with van der Waals surface area (Å²) in [5.74, 6) is -1.58. The Morgan fingerprint density at radius 2 is 1.68 bits per heavy atom. The number of amides is 1. The Labute approximate surface area is 161 Å². The average molecular weight is 513 g/mol. The third-order valence-corrected chi connectivity index (χ3v) is 6.96. The fraction of sp³-hybridized carbons (Fsp3) is 0.846. The topological polar surface area (TPSA) is 124 Å². The largest absolute Gasteiger partial charge is 0.463 e. The smallest absolute Gasteiger partial charge is 0.424 e. The number of carbonyl (C=O) groups is 2. The van der Waals surface area contributed by atoms with E-state index >= 15 is 0 Å². The lowest BCUT2D eigenvalue weighted by atomic mass is 10.1. The summed E-state index contributed by atoms with van der Waals surface area (Å²) in [6, 6.07) is 0. The zero-order valence-corrected chi connectivity index (χ0v) is 18.2. The van der Waals surface area contributed by atoms with Crippen LogP contribution in [0.25, 0.3) is 0 Å². The van der Waals surface area contributed by atoms with Crippen LogP contribution in [0.2, 0.25) is 0 Å². The van der Waals surface area contributed by atoms with Gasteiger partial charge in [-0.3, -0.25) is 0 Å². The van der Waals surface area contributed by atoms with Gasteiger partial charge in [0.05, 0.1) is 39.3 Å². The molecular weight excluding hydrogens is 489 g/mol. The van der Waals surface area contributed by atoms with Crippen molar-refractivity contribution < 1.29 is 35.9 Å². The number of halogens is 1. The van der Waals surface area contributed by atoms with Gasteiger partial charge < -0.3 is 9.47 Å². The van der Waals surface area contributed by atoms with Crippen LogP contribution in [0.15, 0.2) is 0 Å². The van der Waals surface area contributed by atoms with E-state index < -0.39 is 41.0 Å². The number of ether oxygens (including phenoxy) is 2. The van der Waals surface area contributed by atoms with E-state index in [1.165, 1.54) is 21.2 Å². The SMILES string of the molecule is CCCCC(OC(=O)N(C)S(=O)(=O)CCCS(=O)(=O)I)C(=O)OCC. The standard InChI is InChI=1S/C13H24INO8S2/c1-4-6-8-11(12(16)22-5-2)23-13(17)15(3)25(20,21)10-7-9-24(14,18)19/h11H,4-10H2,1-3H3. The second-order valence-electron chi connectivity index (χ2n) is 5.15. The number of hydrogen-bond acceptors (Lipinski definition) is 8. The minimum Gasteiger partial charge on any atom is -0.463 e. The molecule has 0 bridgehead atoms. The number of nitrogens with zero attached hydrogens (tertiary/aromatic N) is 1. The normalized spacial score (nSPS) is 13.1. The molecule has 0 aromatic rings. The van der Waals surface area contributed by atoms with Crippen molar-refractivity contribution >= 4 is 50.3 Å². The Morgan fingerprint density at radius 3 is 2.16 bits per heavy atom. The first-order chi connectivity index (χ1) is 11.4. The Balaban J connectivity index is 4.88. The van der Waals surface area contributed by atoms with Gasteiger partial charge in [-0.25, -0.2) is 30.7 Å². The summed E-state index contributed by atoms with van der Waals surface area (Å²) in [6.45, 7) is 3.61. The monoisotopic (exact) mass is 513 g/mol. The van der Waals surface area contributed by atoms with Crippen molar-refractivity contribution in [2.24, 2.45) is 0 Å². The van der Waals surface area contributed by atoms with Crippen LogP contribution in [0.1, 0.15) is 39.5 Å². The van der Waals surface area contributed by atoms with Gasteiger partial charge in [-0.15, -0.1) is 0 Å². The van der Waals surface area contributed by atoms with Crippen LogP contribution < -0.4 is 0 Å². The second kappa shape index (κ2) is 11.2. The van der Waals surface area contributed by atoms with Crippen LogP contribution in [-0.4, -0.2) is 64.5 Å². The summed E-state index contributed by atoms with van der Waals surface area (Å²) < 4.78 is 56.4. The molecule has 0 radical (unpaired) electrons. The highest BCUT2D eigenvalue weighted by Crippen LogP contribution is 2.12. The highest BCUT2D eigenvalue weighted by molar-refractivity contribution is 14.2. The molecule has 0 heterocycles. The van der Waals surface area contributed by atoms with Crippen LogP contribution >= 0.6 is 21.2 Å². The molecule has 0 aromatic heterocycles. The average Bonchev–Trinajstić information content (AvgIpc) is 2.48. The Hall–Kier alpha value is -0.630. The summed E-state index contributed by atoms with van der Waals surface area (Å²) >= 11 is 1.22. The summed E-state index contributed by atoms with van der Waals surface area (Å²) in [7, 11) is -6.38. The number of unbranched alkanes of at least 4 members (excludes halogenated alkanes) is 1. The van der Waals surface area contributed by atoms with Crippen molar-refractivity contribution in [1.82, 2.24) is 4.31 Å². The van der Waals surface area contributed by atoms with Crippen LogP contribution in [-0.2, 0) is 31.3 Å². The Bertz CT molecular complexity index is 647. The van der Waals surface area contributed by atoms with E-state index in [0.717, 1.165) is 13.5 Å². The molecule has 25 heavy (non-hydrogen) atoms. The van der Waals surface area contributed by atoms with Gasteiger partial charge in [0.25, 0.3) is 0 Å². The van der Waals surface area contributed by atoms with E-state index in [9.17, 15) is 26.4 Å². The lowest BCUT2D eigenvalue weighted by Crippen LogP contribution is -2.40. The molecule has 0 spiro atoms. The quantitative estimate of drug-likeness (QED) is 0.232. The van der Waals surface area contributed by atoms with Crippen LogP contribution in [0.5, 0.6) is 0 Å². The van der Waals surface area contributed by atoms with Crippen LogP contribution in [0.4, 0.5) is 4.79 Å². The maximum atomic E-state index is 12.1. The van der Waals surface area contributed by atoms with Gasteiger partial charge in [-0.2, -0.15) is 0 Å². The van der Waals surface area contributed by atoms with Crippen molar-refractivity contribution in [3.05, 3.63) is 0 Å². The summed E-state index contributed by atoms with van der Waals surface area (Å²) in [5.41, 5.74) is 0. The van der Waals surface area contributed by atoms with Crippen LogP contribution in [0.3, 0.4) is 0 Å². The summed E-state index contributed by atoms with van der Waals surface area (Å²) in [4.78, 5) is 23.8. The first-order valence-electron chi connectivity index (χ1n) is 7.70. The maximum Gasteiger partial charge on any atom is 0.424 e. The Kier molecular flexibility index (Phi) is 10.9. The molecule has 12 heteroatoms. The molecule has 1 amide bonds. The Morgan fingerprint density at radius 1 is 1.08 bits per heavy atom. The molecule has 0 N–H and O–H groups in total. The lowest BCUT2D eigenvalue weighted by molar-refractivity contribution is -0.153. The highest BCUT2D eigenvalue weighted by atomic mass is 127. The molecule has 0 aliphatic rings. The molecule has 1 unspecified atom stereocenters. The molecule has 0 rings (SSSR count). The van der Waals surface area contributed by atoms with Crippen molar-refractivity contribution in [3.8, 4) is 0 Å². The van der Waals surface area contributed by atoms with Crippen molar-refractivity contribution in [3.63, 3.8) is 0 Å². The maximum absolute atomic E-state index is 12.1. The van der Waals surface area contributed by atoms with E-state index in [0.29, 0.717) is 10.7 Å². The van der Waals surface area contributed by atoms with Crippen LogP contribution in [0, 0.1) is 0 Å². The molecule has 0 aromatic carbocycles. The number of sulfonamides is 1. The van der Waals surface area contributed by atoms with Crippen molar-refractivity contribution in [2.45, 2.75) is 45.6 Å². The molecule has 0 saturated heterocycles. The molecule has 0 saturated carbocycles. The van der Waals surface area contributed by atoms with Crippen molar-refractivity contribution in [2.75, 3.05) is 25.2 Å². The van der Waals surface area contributed by atoms with E-state index in [2.05, 4.69) is 0 Å². The van der Waals surface area contributed by atoms with Gasteiger partial charge in [-0.05, 0) is 26.2 Å². The number of esters is 1. The first kappa shape index (κ1) is 24.4. The molecule has 0 aliphatic carbocycles. The molecular formula is C13H24INO8S2. The fourth-order valence-corrected chi connectivity index (χ4v) is 4.37. The fourth-order valence-electron chi connectivity index (χ4n) is 1.71. The van der Waals surface area contributed by atoms with E-state index in [1.54, 1.807) is 6.92 Å². The summed E-state index contributed by atoms with van der Waals surface area (Å²) in [6.07, 6.45) is -0.955. The third-order valence-electron chi connectivity index (χ3n) is 3.08. The summed E-state index contributed by atoms with van der Waals surface area (Å²) in [5, 5.41) is 0. The molecule has 0 aliphatic heterocycles. The molecule has 1 atom stereocenters. The van der Waals surface area contributed by atoms with Gasteiger partial charge in [0.15, 0.2) is 0 Å². The van der Waals surface area contributed by atoms with Gasteiger partial charge in [0.2, 0.25) is 23.1 Å². The first-order valence-corrected chi connectivity index (χ1v) is 13.5.